The quantitative estimate of drug-likeness (QED) is 0.297. The molecule has 0 unspecified atom stereocenters. The second-order valence-corrected chi connectivity index (χ2v) is 9.74. The largest absolute Gasteiger partial charge is 0.486 e. The van der Waals surface area contributed by atoms with E-state index in [1.165, 1.54) is 4.90 Å². The molecular weight excluding hydrogens is 524 g/mol. The molecule has 0 saturated carbocycles. The summed E-state index contributed by atoms with van der Waals surface area (Å²) >= 11 is 25.8. The first-order valence-corrected chi connectivity index (χ1v) is 12.0. The lowest BCUT2D eigenvalue weighted by Gasteiger charge is -2.13. The van der Waals surface area contributed by atoms with Crippen molar-refractivity contribution in [2.24, 2.45) is 0 Å². The number of hydrogen-bond donors (Lipinski definition) is 0. The first-order valence-electron chi connectivity index (χ1n) is 9.67. The molecule has 1 aliphatic rings. The zero-order valence-corrected chi connectivity index (χ0v) is 20.7. The summed E-state index contributed by atoms with van der Waals surface area (Å²) in [7, 11) is 0. The molecule has 3 aromatic carbocycles. The van der Waals surface area contributed by atoms with Crippen LogP contribution in [0.2, 0.25) is 20.1 Å². The van der Waals surface area contributed by atoms with Crippen LogP contribution in [0.4, 0.5) is 4.79 Å². The average Bonchev–Trinajstić information content (AvgIpc) is 3.02. The Balaban J connectivity index is 1.50. The highest BCUT2D eigenvalue weighted by Gasteiger charge is 2.35. The molecule has 0 aromatic heterocycles. The fraction of sp³-hybridized carbons (Fsp3) is 0.0833. The van der Waals surface area contributed by atoms with Gasteiger partial charge in [-0.3, -0.25) is 14.5 Å². The number of imide groups is 1. The molecule has 1 aliphatic heterocycles. The molecule has 0 bridgehead atoms. The molecule has 4 nitrogen and oxygen atoms in total. The van der Waals surface area contributed by atoms with Crippen molar-refractivity contribution in [2.45, 2.75) is 13.2 Å². The van der Waals surface area contributed by atoms with Gasteiger partial charge in [0.25, 0.3) is 11.1 Å². The van der Waals surface area contributed by atoms with Gasteiger partial charge in [-0.05, 0) is 53.2 Å². The lowest BCUT2D eigenvalue weighted by molar-refractivity contribution is -0.123. The number of benzene rings is 3. The molecule has 0 atom stereocenters. The second kappa shape index (κ2) is 10.4. The van der Waals surface area contributed by atoms with Gasteiger partial charge in [-0.25, -0.2) is 0 Å². The fourth-order valence-corrected chi connectivity index (χ4v) is 5.06. The van der Waals surface area contributed by atoms with Gasteiger partial charge in [0.1, 0.15) is 6.61 Å². The molecule has 0 N–H and O–H groups in total. The molecule has 0 spiro atoms. The Labute approximate surface area is 215 Å². The van der Waals surface area contributed by atoms with Gasteiger partial charge in [-0.2, -0.15) is 0 Å². The zero-order valence-electron chi connectivity index (χ0n) is 16.9. The molecule has 168 valence electrons. The van der Waals surface area contributed by atoms with E-state index in [1.807, 2.05) is 30.3 Å². The van der Waals surface area contributed by atoms with Crippen LogP contribution in [-0.4, -0.2) is 16.0 Å². The number of amides is 2. The van der Waals surface area contributed by atoms with Crippen LogP contribution < -0.4 is 4.74 Å². The van der Waals surface area contributed by atoms with E-state index in [0.29, 0.717) is 26.3 Å². The van der Waals surface area contributed by atoms with Gasteiger partial charge in [0.15, 0.2) is 5.75 Å². The summed E-state index contributed by atoms with van der Waals surface area (Å²) in [5, 5.41) is 1.20. The highest BCUT2D eigenvalue weighted by molar-refractivity contribution is 8.18. The van der Waals surface area contributed by atoms with Gasteiger partial charge >= 0.3 is 0 Å². The van der Waals surface area contributed by atoms with Crippen molar-refractivity contribution in [1.82, 2.24) is 4.90 Å². The Morgan fingerprint density at radius 2 is 1.58 bits per heavy atom. The van der Waals surface area contributed by atoms with Gasteiger partial charge in [0, 0.05) is 15.6 Å². The summed E-state index contributed by atoms with van der Waals surface area (Å²) in [4.78, 5) is 26.7. The lowest BCUT2D eigenvalue weighted by atomic mass is 10.2. The summed E-state index contributed by atoms with van der Waals surface area (Å²) in [6.45, 7) is 0.359. The number of hydrogen-bond acceptors (Lipinski definition) is 4. The van der Waals surface area contributed by atoms with E-state index in [0.717, 1.165) is 22.9 Å². The Morgan fingerprint density at radius 3 is 2.24 bits per heavy atom. The van der Waals surface area contributed by atoms with Gasteiger partial charge in [-0.1, -0.05) is 82.8 Å². The predicted octanol–water partition coefficient (Wildman–Crippen LogP) is 8.12. The highest BCUT2D eigenvalue weighted by Crippen LogP contribution is 2.38. The van der Waals surface area contributed by atoms with Crippen LogP contribution in [0.15, 0.2) is 65.6 Å². The van der Waals surface area contributed by atoms with Crippen LogP contribution in [-0.2, 0) is 17.9 Å². The van der Waals surface area contributed by atoms with E-state index >= 15 is 0 Å². The van der Waals surface area contributed by atoms with Crippen LogP contribution in [0.1, 0.15) is 16.7 Å². The second-order valence-electron chi connectivity index (χ2n) is 7.09. The summed E-state index contributed by atoms with van der Waals surface area (Å²) in [5.41, 5.74) is 2.17. The minimum absolute atomic E-state index is 0.146. The molecule has 1 heterocycles. The van der Waals surface area contributed by atoms with Crippen LogP contribution in [0.25, 0.3) is 6.08 Å². The third kappa shape index (κ3) is 5.68. The standard InChI is InChI=1S/C24H15Cl4NO3S/c25-17-7-6-16(18(26)11-17)13-32-22-19(27)8-15(9-20(22)28)10-21-23(30)29(24(31)33-21)12-14-4-2-1-3-5-14/h1-11H,12-13H2/b21-10-. The lowest BCUT2D eigenvalue weighted by Crippen LogP contribution is -2.27. The molecule has 3 aromatic rings. The summed E-state index contributed by atoms with van der Waals surface area (Å²) < 4.78 is 5.77. The van der Waals surface area contributed by atoms with Gasteiger partial charge < -0.3 is 4.74 Å². The number of carbonyl (C=O) groups is 2. The van der Waals surface area contributed by atoms with Crippen molar-refractivity contribution in [3.63, 3.8) is 0 Å². The number of thioether (sulfide) groups is 1. The summed E-state index contributed by atoms with van der Waals surface area (Å²) in [5.74, 6) is -0.0718. The predicted molar refractivity (Wildman–Crippen MR) is 135 cm³/mol. The molecule has 0 radical (unpaired) electrons. The van der Waals surface area contributed by atoms with Gasteiger partial charge in [-0.15, -0.1) is 0 Å². The topological polar surface area (TPSA) is 46.6 Å². The van der Waals surface area contributed by atoms with Crippen LogP contribution in [0.5, 0.6) is 5.75 Å². The molecule has 9 heteroatoms. The minimum atomic E-state index is -0.362. The van der Waals surface area contributed by atoms with Crippen molar-refractivity contribution in [2.75, 3.05) is 0 Å². The van der Waals surface area contributed by atoms with E-state index in [1.54, 1.807) is 36.4 Å². The number of nitrogens with zero attached hydrogens (tertiary/aromatic N) is 1. The normalized spacial score (nSPS) is 14.9. The van der Waals surface area contributed by atoms with Crippen LogP contribution in [0.3, 0.4) is 0 Å². The Morgan fingerprint density at radius 1 is 0.879 bits per heavy atom. The number of halogens is 4. The zero-order chi connectivity index (χ0) is 23.5. The number of ether oxygens (including phenoxy) is 1. The van der Waals surface area contributed by atoms with E-state index in [-0.39, 0.29) is 34.3 Å². The van der Waals surface area contributed by atoms with E-state index in [2.05, 4.69) is 0 Å². The molecule has 4 rings (SSSR count). The Kier molecular flexibility index (Phi) is 7.57. The van der Waals surface area contributed by atoms with Gasteiger partial charge in [0.05, 0.1) is 21.5 Å². The first-order chi connectivity index (χ1) is 15.8. The van der Waals surface area contributed by atoms with Crippen LogP contribution >= 0.6 is 58.2 Å². The maximum Gasteiger partial charge on any atom is 0.293 e. The Hall–Kier alpha value is -2.15. The fourth-order valence-electron chi connectivity index (χ4n) is 3.14. The molecule has 0 aliphatic carbocycles. The minimum Gasteiger partial charge on any atom is -0.486 e. The highest BCUT2D eigenvalue weighted by atomic mass is 35.5. The first kappa shape index (κ1) is 24.0. The molecule has 2 amide bonds. The van der Waals surface area contributed by atoms with Gasteiger partial charge in [0.2, 0.25) is 0 Å². The van der Waals surface area contributed by atoms with E-state index in [9.17, 15) is 9.59 Å². The summed E-state index contributed by atoms with van der Waals surface area (Å²) in [6.07, 6.45) is 1.59. The van der Waals surface area contributed by atoms with Crippen molar-refractivity contribution in [1.29, 1.82) is 0 Å². The summed E-state index contributed by atoms with van der Waals surface area (Å²) in [6, 6.07) is 17.7. The maximum atomic E-state index is 12.8. The van der Waals surface area contributed by atoms with Crippen LogP contribution in [0, 0.1) is 0 Å². The number of rotatable bonds is 6. The maximum absolute atomic E-state index is 12.8. The molecule has 1 fully saturated rings. The third-order valence-electron chi connectivity index (χ3n) is 4.76. The monoisotopic (exact) mass is 537 g/mol. The van der Waals surface area contributed by atoms with Crippen molar-refractivity contribution >= 4 is 75.4 Å². The molecule has 33 heavy (non-hydrogen) atoms. The van der Waals surface area contributed by atoms with E-state index < -0.39 is 0 Å². The SMILES string of the molecule is O=C1S/C(=C\c2cc(Cl)c(OCc3ccc(Cl)cc3Cl)c(Cl)c2)C(=O)N1Cc1ccccc1. The third-order valence-corrected chi connectivity index (χ3v) is 6.82. The van der Waals surface area contributed by atoms with Crippen molar-refractivity contribution < 1.29 is 14.3 Å². The molecular formula is C24H15Cl4NO3S. The average molecular weight is 539 g/mol. The molecule has 1 saturated heterocycles. The number of carbonyl (C=O) groups excluding carboxylic acids is 2. The van der Waals surface area contributed by atoms with Crippen molar-refractivity contribution in [3.05, 3.63) is 102 Å². The smallest absolute Gasteiger partial charge is 0.293 e. The van der Waals surface area contributed by atoms with Crippen molar-refractivity contribution in [3.8, 4) is 5.75 Å². The van der Waals surface area contributed by atoms with E-state index in [4.69, 9.17) is 51.1 Å². The Bertz CT molecular complexity index is 1240.